The highest BCUT2D eigenvalue weighted by Crippen LogP contribution is 2.46. The third kappa shape index (κ3) is 3.80. The summed E-state index contributed by atoms with van der Waals surface area (Å²) in [5.41, 5.74) is 17.9. The number of aryl methyl sites for hydroxylation is 2. The molecule has 8 aromatic rings. The quantitative estimate of drug-likeness (QED) is 0.194. The Morgan fingerprint density at radius 1 is 0.312 bits per heavy atom. The zero-order valence-electron chi connectivity index (χ0n) is 26.7. The number of furan rings is 2. The lowest BCUT2D eigenvalue weighted by atomic mass is 9.99. The molecule has 2 heteroatoms. The molecule has 0 unspecified atom stereocenters. The Morgan fingerprint density at radius 2 is 0.583 bits per heavy atom. The molecule has 0 bridgehead atoms. The van der Waals surface area contributed by atoms with Crippen LogP contribution in [0.4, 0.5) is 0 Å². The van der Waals surface area contributed by atoms with E-state index in [4.69, 9.17) is 8.83 Å². The summed E-state index contributed by atoms with van der Waals surface area (Å²) < 4.78 is 14.6. The van der Waals surface area contributed by atoms with Crippen LogP contribution < -0.4 is 10.8 Å². The fourth-order valence-corrected chi connectivity index (χ4v) is 7.76. The van der Waals surface area contributed by atoms with Crippen LogP contribution in [0.15, 0.2) is 154 Å². The second kappa shape index (κ2) is 10.2. The van der Waals surface area contributed by atoms with E-state index in [1.807, 2.05) is 0 Å². The van der Waals surface area contributed by atoms with Gasteiger partial charge in [-0.1, -0.05) is 157 Å². The average Bonchev–Trinajstić information content (AvgIpc) is 3.87. The summed E-state index contributed by atoms with van der Waals surface area (Å²) in [5, 5.41) is 2.00. The van der Waals surface area contributed by atoms with Crippen molar-refractivity contribution in [2.75, 3.05) is 0 Å². The minimum Gasteiger partial charge on any atom is -0.454 e. The normalized spacial score (nSPS) is 12.7. The molecule has 0 radical (unpaired) electrons. The van der Waals surface area contributed by atoms with E-state index in [9.17, 15) is 0 Å². The van der Waals surface area contributed by atoms with E-state index < -0.39 is 0 Å². The molecule has 0 spiro atoms. The summed E-state index contributed by atoms with van der Waals surface area (Å²) in [4.78, 5) is 0. The molecule has 10 rings (SSSR count). The van der Waals surface area contributed by atoms with Gasteiger partial charge in [0, 0.05) is 22.3 Å². The van der Waals surface area contributed by atoms with Crippen molar-refractivity contribution in [2.45, 2.75) is 13.8 Å². The molecule has 0 atom stereocenters. The van der Waals surface area contributed by atoms with Gasteiger partial charge in [-0.15, -0.1) is 0 Å². The van der Waals surface area contributed by atoms with Crippen LogP contribution in [-0.4, -0.2) is 0 Å². The van der Waals surface area contributed by atoms with Gasteiger partial charge in [-0.05, 0) is 58.4 Å². The molecule has 48 heavy (non-hydrogen) atoms. The maximum absolute atomic E-state index is 7.28. The summed E-state index contributed by atoms with van der Waals surface area (Å²) in [6, 6.07) is 52.0. The molecule has 0 saturated carbocycles. The summed E-state index contributed by atoms with van der Waals surface area (Å²) in [7, 11) is 0. The molecular weight excluding hydrogens is 585 g/mol. The van der Waals surface area contributed by atoms with Gasteiger partial charge >= 0.3 is 0 Å². The molecule has 2 aliphatic carbocycles. The molecule has 6 aromatic carbocycles. The Bertz CT molecular complexity index is 2430. The largest absolute Gasteiger partial charge is 0.454 e. The standard InChI is InChI=1S/C46H30O2/c1-27-19-23-29(24-20-27)43-41-42(46(47-43)40-37-17-9-5-13-33(37)34-14-6-10-18-38(34)40)44(30-25-21-28(2)22-26-30)48-45(41)39-35-15-7-3-11-31(35)32-12-4-8-16-36(32)39/h3-26H,1-2H3. The first-order valence-corrected chi connectivity index (χ1v) is 16.5. The molecule has 2 heterocycles. The number of hydrogen-bond acceptors (Lipinski definition) is 2. The highest BCUT2D eigenvalue weighted by Gasteiger charge is 2.32. The van der Waals surface area contributed by atoms with Gasteiger partial charge in [-0.25, -0.2) is 0 Å². The first kappa shape index (κ1) is 27.0. The third-order valence-electron chi connectivity index (χ3n) is 10.0. The molecule has 0 amide bonds. The fraction of sp³-hybridized carbons (Fsp3) is 0.0435. The number of hydrogen-bond donors (Lipinski definition) is 0. The molecule has 0 N–H and O–H groups in total. The zero-order chi connectivity index (χ0) is 31.9. The van der Waals surface area contributed by atoms with Crippen LogP contribution in [0, 0.1) is 13.8 Å². The van der Waals surface area contributed by atoms with Crippen LogP contribution in [-0.2, 0) is 0 Å². The van der Waals surface area contributed by atoms with Crippen molar-refractivity contribution in [1.29, 1.82) is 0 Å². The van der Waals surface area contributed by atoms with E-state index in [0.29, 0.717) is 0 Å². The van der Waals surface area contributed by atoms with E-state index in [-0.39, 0.29) is 0 Å². The lowest BCUT2D eigenvalue weighted by Crippen LogP contribution is -2.05. The van der Waals surface area contributed by atoms with E-state index in [2.05, 4.69) is 159 Å². The van der Waals surface area contributed by atoms with E-state index in [1.165, 1.54) is 55.6 Å². The Kier molecular flexibility index (Phi) is 5.74. The molecule has 0 fully saturated rings. The fourth-order valence-electron chi connectivity index (χ4n) is 7.76. The highest BCUT2D eigenvalue weighted by molar-refractivity contribution is 6.10. The SMILES string of the molecule is Cc1ccc(-c2oc(=C3c4ccccc4-c4ccccc43)c3c(-c4ccc(C)cc4)oc(=C4c5ccccc5-c5ccccc54)c23)cc1. The van der Waals surface area contributed by atoms with Crippen LogP contribution in [0.3, 0.4) is 0 Å². The summed E-state index contributed by atoms with van der Waals surface area (Å²) >= 11 is 0. The van der Waals surface area contributed by atoms with Gasteiger partial charge in [0.15, 0.2) is 0 Å². The lowest BCUT2D eigenvalue weighted by Gasteiger charge is -2.04. The van der Waals surface area contributed by atoms with Crippen molar-refractivity contribution in [3.8, 4) is 44.9 Å². The van der Waals surface area contributed by atoms with Gasteiger partial charge in [-0.3, -0.25) is 0 Å². The predicted octanol–water partition coefficient (Wildman–Crippen LogP) is 10.4. The minimum absolute atomic E-state index is 0.820. The van der Waals surface area contributed by atoms with Gasteiger partial charge < -0.3 is 8.83 Å². The molecule has 2 nitrogen and oxygen atoms in total. The Labute approximate surface area is 278 Å². The molecule has 2 aliphatic rings. The molecule has 226 valence electrons. The van der Waals surface area contributed by atoms with Crippen LogP contribution in [0.5, 0.6) is 0 Å². The average molecular weight is 615 g/mol. The summed E-state index contributed by atoms with van der Waals surface area (Å²) in [6.07, 6.45) is 0. The Hall–Kier alpha value is -6.12. The van der Waals surface area contributed by atoms with Crippen molar-refractivity contribution in [3.63, 3.8) is 0 Å². The van der Waals surface area contributed by atoms with Crippen molar-refractivity contribution >= 4 is 21.9 Å². The third-order valence-corrected chi connectivity index (χ3v) is 10.0. The van der Waals surface area contributed by atoms with Gasteiger partial charge in [0.1, 0.15) is 22.4 Å². The number of benzene rings is 6. The topological polar surface area (TPSA) is 26.3 Å². The van der Waals surface area contributed by atoms with Crippen LogP contribution >= 0.6 is 0 Å². The van der Waals surface area contributed by atoms with Crippen molar-refractivity contribution < 1.29 is 8.83 Å². The maximum Gasteiger partial charge on any atom is 0.147 e. The first-order valence-electron chi connectivity index (χ1n) is 16.5. The van der Waals surface area contributed by atoms with Crippen molar-refractivity contribution in [2.24, 2.45) is 0 Å². The monoisotopic (exact) mass is 614 g/mol. The van der Waals surface area contributed by atoms with E-state index in [1.54, 1.807) is 0 Å². The van der Waals surface area contributed by atoms with Crippen LogP contribution in [0.2, 0.25) is 0 Å². The maximum atomic E-state index is 7.28. The summed E-state index contributed by atoms with van der Waals surface area (Å²) in [5.74, 6) is 1.64. The first-order chi connectivity index (χ1) is 23.7. The van der Waals surface area contributed by atoms with Gasteiger partial charge in [0.25, 0.3) is 0 Å². The van der Waals surface area contributed by atoms with Crippen molar-refractivity contribution in [3.05, 3.63) is 190 Å². The lowest BCUT2D eigenvalue weighted by molar-refractivity contribution is 0.528. The molecule has 0 aliphatic heterocycles. The predicted molar refractivity (Wildman–Crippen MR) is 195 cm³/mol. The second-order valence-electron chi connectivity index (χ2n) is 12.9. The second-order valence-corrected chi connectivity index (χ2v) is 12.9. The van der Waals surface area contributed by atoms with Gasteiger partial charge in [0.05, 0.1) is 10.8 Å². The Balaban J connectivity index is 1.48. The summed E-state index contributed by atoms with van der Waals surface area (Å²) in [6.45, 7) is 4.24. The van der Waals surface area contributed by atoms with E-state index >= 15 is 0 Å². The van der Waals surface area contributed by atoms with Crippen molar-refractivity contribution in [1.82, 2.24) is 0 Å². The molecule has 0 saturated heterocycles. The molecular formula is C46H30O2. The Morgan fingerprint density at radius 3 is 0.875 bits per heavy atom. The number of fused-ring (bicyclic) bond motifs is 7. The van der Waals surface area contributed by atoms with Crippen LogP contribution in [0.25, 0.3) is 66.8 Å². The smallest absolute Gasteiger partial charge is 0.147 e. The number of rotatable bonds is 2. The van der Waals surface area contributed by atoms with Gasteiger partial charge in [0.2, 0.25) is 0 Å². The highest BCUT2D eigenvalue weighted by atomic mass is 16.4. The van der Waals surface area contributed by atoms with Gasteiger partial charge in [-0.2, -0.15) is 0 Å². The zero-order valence-corrected chi connectivity index (χ0v) is 26.7. The minimum atomic E-state index is 0.820. The van der Waals surface area contributed by atoms with Crippen LogP contribution in [0.1, 0.15) is 33.4 Å². The van der Waals surface area contributed by atoms with E-state index in [0.717, 1.165) is 55.4 Å². The molecule has 2 aromatic heterocycles.